The minimum atomic E-state index is -3.50. The van der Waals surface area contributed by atoms with Gasteiger partial charge in [-0.15, -0.1) is 0 Å². The highest BCUT2D eigenvalue weighted by Gasteiger charge is 2.47. The van der Waals surface area contributed by atoms with Crippen molar-refractivity contribution in [1.82, 2.24) is 4.31 Å². The topological polar surface area (TPSA) is 66.8 Å². The molecule has 2 atom stereocenters. The molecule has 0 spiro atoms. The first kappa shape index (κ1) is 16.6. The maximum Gasteiger partial charge on any atom is 0.243 e. The van der Waals surface area contributed by atoms with Crippen LogP contribution in [-0.4, -0.2) is 30.8 Å². The molecular formula is C17H24N2O3S. The number of fused-ring (bicyclic) bond motifs is 2. The average molecular weight is 336 g/mol. The van der Waals surface area contributed by atoms with Gasteiger partial charge < -0.3 is 0 Å². The van der Waals surface area contributed by atoms with Crippen LogP contribution in [-0.2, 0) is 15.4 Å². The van der Waals surface area contributed by atoms with Gasteiger partial charge in [0.25, 0.3) is 0 Å². The quantitative estimate of drug-likeness (QED) is 0.794. The van der Waals surface area contributed by atoms with Gasteiger partial charge in [-0.1, -0.05) is 38.1 Å². The summed E-state index contributed by atoms with van der Waals surface area (Å²) < 4.78 is 27.7. The number of rotatable bonds is 3. The zero-order valence-corrected chi connectivity index (χ0v) is 14.7. The second-order valence-corrected chi connectivity index (χ2v) is 9.57. The highest BCUT2D eigenvalue weighted by molar-refractivity contribution is 7.89. The van der Waals surface area contributed by atoms with E-state index in [4.69, 9.17) is 0 Å². The first-order valence-electron chi connectivity index (χ1n) is 8.20. The average Bonchev–Trinajstić information content (AvgIpc) is 2.78. The molecule has 1 aromatic carbocycles. The molecule has 0 radical (unpaired) electrons. The fourth-order valence-corrected chi connectivity index (χ4v) is 5.72. The first-order chi connectivity index (χ1) is 10.7. The summed E-state index contributed by atoms with van der Waals surface area (Å²) in [6, 6.07) is 6.82. The molecule has 2 heterocycles. The van der Waals surface area contributed by atoms with Crippen molar-refractivity contribution in [3.05, 3.63) is 34.7 Å². The number of piperidine rings is 1. The van der Waals surface area contributed by atoms with Crippen LogP contribution in [0.15, 0.2) is 34.3 Å². The van der Waals surface area contributed by atoms with Crippen LogP contribution in [0, 0.1) is 4.91 Å². The highest BCUT2D eigenvalue weighted by atomic mass is 32.2. The fourth-order valence-electron chi connectivity index (χ4n) is 3.83. The molecule has 0 aromatic heterocycles. The van der Waals surface area contributed by atoms with Gasteiger partial charge in [0.15, 0.2) is 0 Å². The van der Waals surface area contributed by atoms with Crippen molar-refractivity contribution in [1.29, 1.82) is 0 Å². The van der Waals surface area contributed by atoms with E-state index >= 15 is 0 Å². The molecule has 0 saturated carbocycles. The van der Waals surface area contributed by atoms with Crippen molar-refractivity contribution in [2.24, 2.45) is 5.18 Å². The van der Waals surface area contributed by atoms with E-state index in [0.29, 0.717) is 17.7 Å². The van der Waals surface area contributed by atoms with Gasteiger partial charge >= 0.3 is 0 Å². The van der Waals surface area contributed by atoms with Crippen molar-refractivity contribution >= 4 is 10.0 Å². The largest absolute Gasteiger partial charge is 0.243 e. The second-order valence-electron chi connectivity index (χ2n) is 7.72. The van der Waals surface area contributed by atoms with Crippen LogP contribution in [0.2, 0.25) is 0 Å². The van der Waals surface area contributed by atoms with E-state index in [9.17, 15) is 13.3 Å². The lowest BCUT2D eigenvalue weighted by molar-refractivity contribution is 0.227. The molecule has 2 saturated heterocycles. The van der Waals surface area contributed by atoms with E-state index in [-0.39, 0.29) is 23.5 Å². The van der Waals surface area contributed by atoms with Crippen LogP contribution in [0.5, 0.6) is 0 Å². The monoisotopic (exact) mass is 336 g/mol. The van der Waals surface area contributed by atoms with Crippen LogP contribution in [0.4, 0.5) is 0 Å². The molecule has 5 nitrogen and oxygen atoms in total. The number of hydrogen-bond acceptors (Lipinski definition) is 4. The molecule has 2 unspecified atom stereocenters. The van der Waals surface area contributed by atoms with Crippen LogP contribution >= 0.6 is 0 Å². The highest BCUT2D eigenvalue weighted by Crippen LogP contribution is 2.40. The summed E-state index contributed by atoms with van der Waals surface area (Å²) in [5.41, 5.74) is 1.11. The van der Waals surface area contributed by atoms with E-state index in [1.807, 2.05) is 12.1 Å². The van der Waals surface area contributed by atoms with Crippen LogP contribution in [0.3, 0.4) is 0 Å². The van der Waals surface area contributed by atoms with Gasteiger partial charge in [0.1, 0.15) is 0 Å². The summed E-state index contributed by atoms with van der Waals surface area (Å²) in [6.45, 7) is 6.32. The van der Waals surface area contributed by atoms with Crippen molar-refractivity contribution in [3.63, 3.8) is 0 Å². The molecule has 23 heavy (non-hydrogen) atoms. The summed E-state index contributed by atoms with van der Waals surface area (Å²) in [6.07, 6.45) is 2.77. The molecular weight excluding hydrogens is 312 g/mol. The third-order valence-electron chi connectivity index (χ3n) is 5.09. The molecule has 2 bridgehead atoms. The Morgan fingerprint density at radius 1 is 1.04 bits per heavy atom. The van der Waals surface area contributed by atoms with E-state index in [1.54, 1.807) is 16.4 Å². The Balaban J connectivity index is 1.89. The maximum absolute atomic E-state index is 13.0. The predicted molar refractivity (Wildman–Crippen MR) is 89.8 cm³/mol. The van der Waals surface area contributed by atoms with E-state index in [1.165, 1.54) is 0 Å². The fraction of sp³-hybridized carbons (Fsp3) is 0.647. The van der Waals surface area contributed by atoms with E-state index in [2.05, 4.69) is 25.9 Å². The minimum absolute atomic E-state index is 0.00467. The van der Waals surface area contributed by atoms with Crippen LogP contribution in [0.1, 0.15) is 52.0 Å². The summed E-state index contributed by atoms with van der Waals surface area (Å²) >= 11 is 0. The number of hydrogen-bond donors (Lipinski definition) is 0. The number of nitrogens with zero attached hydrogens (tertiary/aromatic N) is 2. The van der Waals surface area contributed by atoms with Crippen LogP contribution < -0.4 is 0 Å². The molecule has 1 aromatic rings. The van der Waals surface area contributed by atoms with E-state index in [0.717, 1.165) is 18.4 Å². The molecule has 2 aliphatic heterocycles. The smallest absolute Gasteiger partial charge is 0.207 e. The number of benzene rings is 1. The van der Waals surface area contributed by atoms with Crippen molar-refractivity contribution in [2.75, 3.05) is 0 Å². The van der Waals surface area contributed by atoms with E-state index < -0.39 is 10.0 Å². The Bertz CT molecular complexity index is 678. The first-order valence-corrected chi connectivity index (χ1v) is 9.64. The lowest BCUT2D eigenvalue weighted by atomic mass is 9.87. The van der Waals surface area contributed by atoms with Gasteiger partial charge in [-0.05, 0) is 48.8 Å². The normalized spacial score (nSPS) is 28.7. The summed E-state index contributed by atoms with van der Waals surface area (Å²) in [5, 5.41) is 3.14. The maximum atomic E-state index is 13.0. The molecule has 0 aliphatic carbocycles. The van der Waals surface area contributed by atoms with Gasteiger partial charge in [-0.2, -0.15) is 9.21 Å². The van der Waals surface area contributed by atoms with Crippen molar-refractivity contribution < 1.29 is 8.42 Å². The van der Waals surface area contributed by atoms with Gasteiger partial charge in [0.05, 0.1) is 10.9 Å². The minimum Gasteiger partial charge on any atom is -0.207 e. The Labute approximate surface area is 138 Å². The third-order valence-corrected chi connectivity index (χ3v) is 7.11. The molecule has 6 heteroatoms. The molecule has 2 fully saturated rings. The third kappa shape index (κ3) is 2.94. The predicted octanol–water partition coefficient (Wildman–Crippen LogP) is 3.43. The van der Waals surface area contributed by atoms with Crippen molar-refractivity contribution in [3.8, 4) is 0 Å². The lowest BCUT2D eigenvalue weighted by Crippen LogP contribution is -2.47. The SMILES string of the molecule is CC(C)(C)c1ccc(S(=O)(=O)N2C3CCC2CC(N=O)C3)cc1. The zero-order chi connectivity index (χ0) is 16.8. The van der Waals surface area contributed by atoms with Gasteiger partial charge in [-0.25, -0.2) is 8.42 Å². The Hall–Kier alpha value is -1.27. The Kier molecular flexibility index (Phi) is 4.09. The number of nitroso groups, excluding NO2 is 1. The molecule has 0 amide bonds. The summed E-state index contributed by atoms with van der Waals surface area (Å²) in [7, 11) is -3.50. The van der Waals surface area contributed by atoms with Gasteiger partial charge in [0.2, 0.25) is 10.0 Å². The number of sulfonamides is 1. The van der Waals surface area contributed by atoms with Crippen LogP contribution in [0.25, 0.3) is 0 Å². The second kappa shape index (κ2) is 5.67. The zero-order valence-electron chi connectivity index (χ0n) is 13.9. The lowest BCUT2D eigenvalue weighted by Gasteiger charge is -2.35. The standard InChI is InChI=1S/C17H24N2O3S/c1-17(2,3)12-4-8-16(9-5-12)23(21,22)19-14-6-7-15(19)11-13(10-14)18-20/h4-5,8-9,13-15H,6-7,10-11H2,1-3H3. The van der Waals surface area contributed by atoms with Crippen molar-refractivity contribution in [2.45, 2.75) is 74.9 Å². The summed E-state index contributed by atoms with van der Waals surface area (Å²) in [4.78, 5) is 11.2. The Morgan fingerprint density at radius 2 is 1.57 bits per heavy atom. The Morgan fingerprint density at radius 3 is 2.00 bits per heavy atom. The van der Waals surface area contributed by atoms with Gasteiger partial charge in [0, 0.05) is 12.1 Å². The van der Waals surface area contributed by atoms with Gasteiger partial charge in [-0.3, -0.25) is 0 Å². The molecule has 2 aliphatic rings. The molecule has 126 valence electrons. The summed E-state index contributed by atoms with van der Waals surface area (Å²) in [5.74, 6) is 0. The molecule has 3 rings (SSSR count). The molecule has 0 N–H and O–H groups in total.